The predicted octanol–water partition coefficient (Wildman–Crippen LogP) is 8.20. The fraction of sp³-hybridized carbons (Fsp3) is 0.962. The summed E-state index contributed by atoms with van der Waals surface area (Å²) < 4.78 is 6.33. The van der Waals surface area contributed by atoms with Crippen molar-refractivity contribution in [3.63, 3.8) is 0 Å². The van der Waals surface area contributed by atoms with Gasteiger partial charge in [0.05, 0.1) is 24.2 Å². The molecular formula is C26H47NO. The Bertz CT molecular complexity index is 424. The van der Waals surface area contributed by atoms with Crippen LogP contribution in [0.4, 0.5) is 0 Å². The fourth-order valence-corrected chi connectivity index (χ4v) is 5.39. The number of ether oxygens (including phenoxy) is 1. The molecule has 0 spiro atoms. The van der Waals surface area contributed by atoms with Gasteiger partial charge in [-0.05, 0) is 63.2 Å². The van der Waals surface area contributed by atoms with E-state index in [1.54, 1.807) is 0 Å². The maximum absolute atomic E-state index is 9.86. The molecule has 0 saturated heterocycles. The maximum atomic E-state index is 9.86. The van der Waals surface area contributed by atoms with Gasteiger partial charge in [-0.1, -0.05) is 78.1 Å². The summed E-state index contributed by atoms with van der Waals surface area (Å²) >= 11 is 0. The molecule has 0 aromatic carbocycles. The Morgan fingerprint density at radius 1 is 0.750 bits per heavy atom. The number of hydrogen-bond acceptors (Lipinski definition) is 2. The van der Waals surface area contributed by atoms with Crippen LogP contribution in [0.15, 0.2) is 0 Å². The Kier molecular flexibility index (Phi) is 11.6. The zero-order chi connectivity index (χ0) is 20.1. The third-order valence-corrected chi connectivity index (χ3v) is 7.62. The lowest BCUT2D eigenvalue weighted by molar-refractivity contribution is -0.0300. The van der Waals surface area contributed by atoms with Crippen molar-refractivity contribution in [3.8, 4) is 6.07 Å². The van der Waals surface area contributed by atoms with Crippen molar-refractivity contribution in [1.82, 2.24) is 0 Å². The first kappa shape index (κ1) is 23.7. The molecule has 0 aromatic rings. The number of unbranched alkanes of at least 4 members (excludes halogenated alkanes) is 6. The quantitative estimate of drug-likeness (QED) is 0.297. The first-order valence-electron chi connectivity index (χ1n) is 12.7. The largest absolute Gasteiger partial charge is 0.377 e. The van der Waals surface area contributed by atoms with E-state index in [0.717, 1.165) is 24.7 Å². The normalized spacial score (nSPS) is 30.8. The van der Waals surface area contributed by atoms with Gasteiger partial charge in [0.15, 0.2) is 0 Å². The lowest BCUT2D eigenvalue weighted by atomic mass is 9.70. The van der Waals surface area contributed by atoms with Gasteiger partial charge in [-0.3, -0.25) is 0 Å². The molecule has 0 radical (unpaired) electrons. The summed E-state index contributed by atoms with van der Waals surface area (Å²) in [6.45, 7) is 5.26. The van der Waals surface area contributed by atoms with E-state index >= 15 is 0 Å². The molecule has 2 rings (SSSR count). The Hall–Kier alpha value is -0.550. The van der Waals surface area contributed by atoms with Gasteiger partial charge in [-0.2, -0.15) is 5.26 Å². The zero-order valence-corrected chi connectivity index (χ0v) is 19.0. The Balaban J connectivity index is 1.60. The Morgan fingerprint density at radius 3 is 1.79 bits per heavy atom. The van der Waals surface area contributed by atoms with Gasteiger partial charge in [0.1, 0.15) is 0 Å². The summed E-state index contributed by atoms with van der Waals surface area (Å²) in [5.41, 5.74) is -0.184. The summed E-state index contributed by atoms with van der Waals surface area (Å²) in [7, 11) is 0. The summed E-state index contributed by atoms with van der Waals surface area (Å²) in [6.07, 6.45) is 24.0. The minimum atomic E-state index is -0.184. The van der Waals surface area contributed by atoms with Gasteiger partial charge >= 0.3 is 0 Å². The SMILES string of the molecule is CCCCCCC1CCC(OCC2(C#N)CCC(CCCCCC)CC2)CC1. The monoisotopic (exact) mass is 389 g/mol. The van der Waals surface area contributed by atoms with Gasteiger partial charge in [-0.15, -0.1) is 0 Å². The van der Waals surface area contributed by atoms with E-state index in [9.17, 15) is 5.26 Å². The van der Waals surface area contributed by atoms with Crippen LogP contribution in [0.25, 0.3) is 0 Å². The fourth-order valence-electron chi connectivity index (χ4n) is 5.39. The van der Waals surface area contributed by atoms with E-state index in [0.29, 0.717) is 12.7 Å². The molecule has 0 bridgehead atoms. The van der Waals surface area contributed by atoms with Crippen LogP contribution in [-0.2, 0) is 4.74 Å². The van der Waals surface area contributed by atoms with Crippen LogP contribution in [-0.4, -0.2) is 12.7 Å². The lowest BCUT2D eigenvalue weighted by Gasteiger charge is -2.37. The minimum absolute atomic E-state index is 0.184. The number of hydrogen-bond donors (Lipinski definition) is 0. The molecule has 0 unspecified atom stereocenters. The van der Waals surface area contributed by atoms with E-state index in [4.69, 9.17) is 4.74 Å². The molecule has 0 heterocycles. The highest BCUT2D eigenvalue weighted by atomic mass is 16.5. The maximum Gasteiger partial charge on any atom is 0.0807 e. The van der Waals surface area contributed by atoms with Gasteiger partial charge < -0.3 is 4.74 Å². The van der Waals surface area contributed by atoms with E-state index in [1.165, 1.54) is 103 Å². The van der Waals surface area contributed by atoms with Crippen molar-refractivity contribution in [3.05, 3.63) is 0 Å². The number of rotatable bonds is 13. The van der Waals surface area contributed by atoms with Crippen LogP contribution < -0.4 is 0 Å². The van der Waals surface area contributed by atoms with Crippen LogP contribution in [0, 0.1) is 28.6 Å². The second-order valence-corrected chi connectivity index (χ2v) is 9.99. The highest BCUT2D eigenvalue weighted by Crippen LogP contribution is 2.41. The van der Waals surface area contributed by atoms with Crippen molar-refractivity contribution >= 4 is 0 Å². The molecule has 2 heteroatoms. The average Bonchev–Trinajstić information content (AvgIpc) is 2.75. The molecule has 0 aliphatic heterocycles. The standard InChI is InChI=1S/C26H47NO/c1-3-5-7-9-11-23-13-15-25(16-14-23)28-22-26(21-27)19-17-24(18-20-26)12-10-8-6-4-2/h23-25H,3-20,22H2,1-2H3. The third kappa shape index (κ3) is 8.44. The van der Waals surface area contributed by atoms with Gasteiger partial charge in [0, 0.05) is 0 Å². The van der Waals surface area contributed by atoms with E-state index in [-0.39, 0.29) is 5.41 Å². The zero-order valence-electron chi connectivity index (χ0n) is 19.0. The van der Waals surface area contributed by atoms with Gasteiger partial charge in [-0.25, -0.2) is 0 Å². The van der Waals surface area contributed by atoms with Crippen LogP contribution in [0.3, 0.4) is 0 Å². The second kappa shape index (κ2) is 13.6. The van der Waals surface area contributed by atoms with Crippen molar-refractivity contribution < 1.29 is 4.74 Å². The summed E-state index contributed by atoms with van der Waals surface area (Å²) in [5, 5.41) is 9.86. The smallest absolute Gasteiger partial charge is 0.0807 e. The molecule has 0 N–H and O–H groups in total. The highest BCUT2D eigenvalue weighted by Gasteiger charge is 2.36. The molecule has 2 nitrogen and oxygen atoms in total. The minimum Gasteiger partial charge on any atom is -0.377 e. The van der Waals surface area contributed by atoms with E-state index < -0.39 is 0 Å². The van der Waals surface area contributed by atoms with Gasteiger partial charge in [0.25, 0.3) is 0 Å². The van der Waals surface area contributed by atoms with Crippen LogP contribution in [0.2, 0.25) is 0 Å². The first-order valence-corrected chi connectivity index (χ1v) is 12.7. The predicted molar refractivity (Wildman–Crippen MR) is 119 cm³/mol. The summed E-state index contributed by atoms with van der Waals surface area (Å²) in [5.74, 6) is 1.80. The molecule has 2 saturated carbocycles. The summed E-state index contributed by atoms with van der Waals surface area (Å²) in [6, 6.07) is 2.68. The average molecular weight is 390 g/mol. The molecule has 28 heavy (non-hydrogen) atoms. The molecule has 0 aromatic heterocycles. The van der Waals surface area contributed by atoms with Crippen molar-refractivity contribution in [2.24, 2.45) is 17.3 Å². The van der Waals surface area contributed by atoms with Crippen molar-refractivity contribution in [1.29, 1.82) is 5.26 Å². The molecular weight excluding hydrogens is 342 g/mol. The third-order valence-electron chi connectivity index (χ3n) is 7.62. The molecule has 2 fully saturated rings. The molecule has 0 amide bonds. The van der Waals surface area contributed by atoms with Crippen LogP contribution in [0.5, 0.6) is 0 Å². The number of nitrogens with zero attached hydrogens (tertiary/aromatic N) is 1. The van der Waals surface area contributed by atoms with Crippen LogP contribution >= 0.6 is 0 Å². The molecule has 2 aliphatic rings. The molecule has 2 aliphatic carbocycles. The van der Waals surface area contributed by atoms with E-state index in [2.05, 4.69) is 19.9 Å². The van der Waals surface area contributed by atoms with Crippen LogP contribution in [0.1, 0.15) is 129 Å². The Morgan fingerprint density at radius 2 is 1.29 bits per heavy atom. The Labute approximate surface area is 175 Å². The summed E-state index contributed by atoms with van der Waals surface area (Å²) in [4.78, 5) is 0. The van der Waals surface area contributed by atoms with E-state index in [1.807, 2.05) is 0 Å². The van der Waals surface area contributed by atoms with Gasteiger partial charge in [0.2, 0.25) is 0 Å². The second-order valence-electron chi connectivity index (χ2n) is 9.99. The topological polar surface area (TPSA) is 33.0 Å². The highest BCUT2D eigenvalue weighted by molar-refractivity contribution is 5.02. The molecule has 162 valence electrons. The van der Waals surface area contributed by atoms with Crippen molar-refractivity contribution in [2.75, 3.05) is 6.61 Å². The molecule has 0 atom stereocenters. The van der Waals surface area contributed by atoms with Crippen molar-refractivity contribution in [2.45, 2.75) is 136 Å². The lowest BCUT2D eigenvalue weighted by Crippen LogP contribution is -2.34. The first-order chi connectivity index (χ1) is 13.7. The number of nitriles is 1.